The van der Waals surface area contributed by atoms with E-state index in [4.69, 9.17) is 10.00 Å². The molecule has 0 unspecified atom stereocenters. The Morgan fingerprint density at radius 1 is 1.33 bits per heavy atom. The highest BCUT2D eigenvalue weighted by Crippen LogP contribution is 2.32. The molecular formula is C17H15N5OS. The van der Waals surface area contributed by atoms with Crippen molar-refractivity contribution in [2.45, 2.75) is 19.4 Å². The Kier molecular flexibility index (Phi) is 3.75. The van der Waals surface area contributed by atoms with Gasteiger partial charge in [0.05, 0.1) is 17.5 Å². The minimum absolute atomic E-state index is 0.0643. The fourth-order valence-corrected chi connectivity index (χ4v) is 3.83. The molecule has 0 bridgehead atoms. The van der Waals surface area contributed by atoms with Gasteiger partial charge in [-0.2, -0.15) is 5.26 Å². The maximum Gasteiger partial charge on any atom is 0.213 e. The molecule has 4 heterocycles. The lowest BCUT2D eigenvalue weighted by Gasteiger charge is -2.18. The number of hydrogen-bond donors (Lipinski definition) is 0. The Labute approximate surface area is 143 Å². The molecule has 1 fully saturated rings. The molecule has 0 amide bonds. The van der Waals surface area contributed by atoms with Gasteiger partial charge in [0.1, 0.15) is 29.1 Å². The van der Waals surface area contributed by atoms with Gasteiger partial charge in [-0.15, -0.1) is 11.3 Å². The summed E-state index contributed by atoms with van der Waals surface area (Å²) in [6, 6.07) is 5.52. The van der Waals surface area contributed by atoms with E-state index >= 15 is 0 Å². The molecule has 4 rings (SSSR count). The van der Waals surface area contributed by atoms with Crippen LogP contribution in [0.5, 0.6) is 5.88 Å². The number of pyridine rings is 1. The molecule has 0 spiro atoms. The maximum absolute atomic E-state index is 8.82. The van der Waals surface area contributed by atoms with E-state index in [0.717, 1.165) is 35.5 Å². The number of aromatic nitrogens is 3. The SMILES string of the molecule is Cc1csc2ncnc(N3CC[C@@H](Oc4ccc(C#N)cn4)C3)c12. The summed E-state index contributed by atoms with van der Waals surface area (Å²) in [6.45, 7) is 3.75. The lowest BCUT2D eigenvalue weighted by molar-refractivity contribution is 0.216. The van der Waals surface area contributed by atoms with Crippen LogP contribution >= 0.6 is 11.3 Å². The lowest BCUT2D eigenvalue weighted by Crippen LogP contribution is -2.25. The molecule has 6 nitrogen and oxygen atoms in total. The second-order valence-electron chi connectivity index (χ2n) is 5.77. The predicted octanol–water partition coefficient (Wildman–Crippen LogP) is 2.92. The third-order valence-corrected chi connectivity index (χ3v) is 5.14. The molecule has 0 saturated carbocycles. The summed E-state index contributed by atoms with van der Waals surface area (Å²) in [4.78, 5) is 16.3. The summed E-state index contributed by atoms with van der Waals surface area (Å²) in [6.07, 6.45) is 4.14. The molecule has 1 aliphatic heterocycles. The number of ether oxygens (including phenoxy) is 1. The van der Waals surface area contributed by atoms with Crippen LogP contribution in [0.3, 0.4) is 0 Å². The van der Waals surface area contributed by atoms with Gasteiger partial charge in [0.25, 0.3) is 0 Å². The average Bonchev–Trinajstić information content (AvgIpc) is 3.23. The van der Waals surface area contributed by atoms with Crippen molar-refractivity contribution >= 4 is 27.4 Å². The molecule has 7 heteroatoms. The number of thiophene rings is 1. The topological polar surface area (TPSA) is 74.9 Å². The summed E-state index contributed by atoms with van der Waals surface area (Å²) >= 11 is 1.65. The number of hydrogen-bond acceptors (Lipinski definition) is 7. The second-order valence-corrected chi connectivity index (χ2v) is 6.63. The smallest absolute Gasteiger partial charge is 0.213 e. The van der Waals surface area contributed by atoms with Gasteiger partial charge in [0, 0.05) is 25.2 Å². The van der Waals surface area contributed by atoms with Crippen molar-refractivity contribution in [2.24, 2.45) is 0 Å². The summed E-state index contributed by atoms with van der Waals surface area (Å²) in [5.74, 6) is 1.54. The fourth-order valence-electron chi connectivity index (χ4n) is 2.94. The van der Waals surface area contributed by atoms with Crippen LogP contribution in [0.15, 0.2) is 30.0 Å². The Hall–Kier alpha value is -2.72. The van der Waals surface area contributed by atoms with Crippen LogP contribution in [0.25, 0.3) is 10.2 Å². The third kappa shape index (κ3) is 2.65. The number of fused-ring (bicyclic) bond motifs is 1. The minimum atomic E-state index is 0.0643. The minimum Gasteiger partial charge on any atom is -0.472 e. The van der Waals surface area contributed by atoms with Crippen molar-refractivity contribution in [3.05, 3.63) is 41.2 Å². The van der Waals surface area contributed by atoms with Crippen molar-refractivity contribution in [3.63, 3.8) is 0 Å². The highest BCUT2D eigenvalue weighted by molar-refractivity contribution is 7.17. The second kappa shape index (κ2) is 6.06. The van der Waals surface area contributed by atoms with Gasteiger partial charge in [-0.3, -0.25) is 0 Å². The van der Waals surface area contributed by atoms with Gasteiger partial charge in [-0.25, -0.2) is 15.0 Å². The van der Waals surface area contributed by atoms with Crippen LogP contribution in [-0.4, -0.2) is 34.1 Å². The molecular weight excluding hydrogens is 322 g/mol. The normalized spacial score (nSPS) is 17.2. The van der Waals surface area contributed by atoms with E-state index in [1.165, 1.54) is 11.8 Å². The van der Waals surface area contributed by atoms with Crippen molar-refractivity contribution in [1.29, 1.82) is 5.26 Å². The van der Waals surface area contributed by atoms with Crippen LogP contribution in [-0.2, 0) is 0 Å². The summed E-state index contributed by atoms with van der Waals surface area (Å²) < 4.78 is 5.95. The van der Waals surface area contributed by atoms with Crippen LogP contribution in [0, 0.1) is 18.3 Å². The molecule has 3 aromatic rings. The molecule has 1 aliphatic rings. The van der Waals surface area contributed by atoms with Crippen LogP contribution < -0.4 is 9.64 Å². The number of rotatable bonds is 3. The van der Waals surface area contributed by atoms with Gasteiger partial charge in [0.2, 0.25) is 5.88 Å². The van der Waals surface area contributed by atoms with E-state index in [1.807, 2.05) is 0 Å². The number of nitriles is 1. The zero-order valence-electron chi connectivity index (χ0n) is 13.1. The molecule has 24 heavy (non-hydrogen) atoms. The van der Waals surface area contributed by atoms with Crippen molar-refractivity contribution < 1.29 is 4.74 Å². The quantitative estimate of drug-likeness (QED) is 0.731. The molecule has 1 saturated heterocycles. The van der Waals surface area contributed by atoms with Crippen LogP contribution in [0.1, 0.15) is 17.5 Å². The monoisotopic (exact) mass is 337 g/mol. The van der Waals surface area contributed by atoms with Gasteiger partial charge in [-0.05, 0) is 23.9 Å². The van der Waals surface area contributed by atoms with Crippen molar-refractivity contribution in [1.82, 2.24) is 15.0 Å². The zero-order valence-corrected chi connectivity index (χ0v) is 14.0. The Morgan fingerprint density at radius 3 is 3.04 bits per heavy atom. The Balaban J connectivity index is 1.51. The number of anilines is 1. The first-order valence-corrected chi connectivity index (χ1v) is 8.59. The first kappa shape index (κ1) is 14.8. The Morgan fingerprint density at radius 2 is 2.25 bits per heavy atom. The summed E-state index contributed by atoms with van der Waals surface area (Å²) in [5.41, 5.74) is 1.75. The lowest BCUT2D eigenvalue weighted by atomic mass is 10.2. The van der Waals surface area contributed by atoms with Crippen molar-refractivity contribution in [2.75, 3.05) is 18.0 Å². The maximum atomic E-state index is 8.82. The zero-order chi connectivity index (χ0) is 16.5. The highest BCUT2D eigenvalue weighted by atomic mass is 32.1. The van der Waals surface area contributed by atoms with Gasteiger partial charge < -0.3 is 9.64 Å². The van der Waals surface area contributed by atoms with E-state index in [0.29, 0.717) is 11.4 Å². The fraction of sp³-hybridized carbons (Fsp3) is 0.294. The van der Waals surface area contributed by atoms with Gasteiger partial charge >= 0.3 is 0 Å². The largest absolute Gasteiger partial charge is 0.472 e. The molecule has 0 aromatic carbocycles. The van der Waals surface area contributed by atoms with Crippen LogP contribution in [0.2, 0.25) is 0 Å². The van der Waals surface area contributed by atoms with Crippen molar-refractivity contribution in [3.8, 4) is 11.9 Å². The predicted molar refractivity (Wildman–Crippen MR) is 92.4 cm³/mol. The molecule has 120 valence electrons. The van der Waals surface area contributed by atoms with Gasteiger partial charge in [0.15, 0.2) is 0 Å². The Bertz CT molecular complexity index is 915. The van der Waals surface area contributed by atoms with E-state index in [-0.39, 0.29) is 6.10 Å². The van der Waals surface area contributed by atoms with E-state index in [1.54, 1.807) is 29.8 Å². The highest BCUT2D eigenvalue weighted by Gasteiger charge is 2.27. The summed E-state index contributed by atoms with van der Waals surface area (Å²) in [5, 5.41) is 12.1. The van der Waals surface area contributed by atoms with E-state index < -0.39 is 0 Å². The third-order valence-electron chi connectivity index (χ3n) is 4.13. The van der Waals surface area contributed by atoms with Crippen LogP contribution in [0.4, 0.5) is 5.82 Å². The van der Waals surface area contributed by atoms with E-state index in [2.05, 4.69) is 38.2 Å². The van der Waals surface area contributed by atoms with Gasteiger partial charge in [-0.1, -0.05) is 0 Å². The summed E-state index contributed by atoms with van der Waals surface area (Å²) in [7, 11) is 0. The molecule has 1 atom stereocenters. The first-order valence-electron chi connectivity index (χ1n) is 7.71. The number of aryl methyl sites for hydroxylation is 1. The number of nitrogens with zero attached hydrogens (tertiary/aromatic N) is 5. The van der Waals surface area contributed by atoms with E-state index in [9.17, 15) is 0 Å². The standard InChI is InChI=1S/C17H15N5OS/c1-11-9-24-17-15(11)16(20-10-21-17)22-5-4-13(8-22)23-14-3-2-12(6-18)7-19-14/h2-3,7,9-10,13H,4-5,8H2,1H3/t13-/m1/s1. The average molecular weight is 337 g/mol. The molecule has 0 radical (unpaired) electrons. The molecule has 0 aliphatic carbocycles. The first-order chi connectivity index (χ1) is 11.7. The molecule has 0 N–H and O–H groups in total. The molecule has 3 aromatic heterocycles.